The number of carbonyl (C=O) groups is 1. The van der Waals surface area contributed by atoms with Gasteiger partial charge in [0.15, 0.2) is 6.61 Å². The summed E-state index contributed by atoms with van der Waals surface area (Å²) in [7, 11) is 0. The molecule has 2 N–H and O–H groups in total. The molecule has 0 aliphatic carbocycles. The number of carboxylic acids is 1. The molecular weight excluding hydrogens is 464 g/mol. The molecule has 0 radical (unpaired) electrons. The Hall–Kier alpha value is -3.90. The van der Waals surface area contributed by atoms with Crippen LogP contribution in [0.1, 0.15) is 48.6 Å². The lowest BCUT2D eigenvalue weighted by Gasteiger charge is -2.24. The number of pyridine rings is 1. The molecule has 192 valence electrons. The minimum atomic E-state index is -1.01. The topological polar surface area (TPSA) is 82.6 Å². The maximum atomic E-state index is 12.9. The average molecular weight is 499 g/mol. The Bertz CT molecular complexity index is 1430. The van der Waals surface area contributed by atoms with Crippen LogP contribution in [-0.4, -0.2) is 27.6 Å². The molecule has 4 aromatic rings. The number of carboxylic acid groups (broad SMARTS) is 1. The number of aliphatic carboxylic acids is 1. The van der Waals surface area contributed by atoms with Crippen LogP contribution < -0.4 is 10.3 Å². The van der Waals surface area contributed by atoms with Crippen LogP contribution in [0.4, 0.5) is 0 Å². The number of hydrogen-bond donors (Lipinski definition) is 2. The van der Waals surface area contributed by atoms with Crippen LogP contribution in [-0.2, 0) is 29.8 Å². The number of rotatable bonds is 9. The van der Waals surface area contributed by atoms with Gasteiger partial charge in [0, 0.05) is 30.7 Å². The zero-order chi connectivity index (χ0) is 26.6. The lowest BCUT2D eigenvalue weighted by molar-refractivity contribution is -0.139. The molecule has 1 heterocycles. The van der Waals surface area contributed by atoms with Gasteiger partial charge in [-0.15, -0.1) is 0 Å². The van der Waals surface area contributed by atoms with Crippen LogP contribution >= 0.6 is 0 Å². The number of fused-ring (bicyclic) bond motifs is 1. The van der Waals surface area contributed by atoms with Crippen LogP contribution in [0.3, 0.4) is 0 Å². The summed E-state index contributed by atoms with van der Waals surface area (Å²) in [4.78, 5) is 29.0. The highest BCUT2D eigenvalue weighted by Gasteiger charge is 2.15. The van der Waals surface area contributed by atoms with Gasteiger partial charge in [0.25, 0.3) is 5.56 Å². The van der Waals surface area contributed by atoms with Crippen molar-refractivity contribution >= 4 is 16.9 Å². The number of nitrogens with zero attached hydrogens (tertiary/aromatic N) is 1. The molecule has 0 saturated heterocycles. The fourth-order valence-electron chi connectivity index (χ4n) is 4.36. The van der Waals surface area contributed by atoms with E-state index in [0.717, 1.165) is 22.0 Å². The first kappa shape index (κ1) is 26.2. The third kappa shape index (κ3) is 7.08. The van der Waals surface area contributed by atoms with Crippen molar-refractivity contribution in [2.24, 2.45) is 0 Å². The van der Waals surface area contributed by atoms with Gasteiger partial charge in [-0.25, -0.2) is 4.79 Å². The monoisotopic (exact) mass is 498 g/mol. The predicted molar refractivity (Wildman–Crippen MR) is 147 cm³/mol. The number of aryl methyl sites for hydroxylation is 1. The molecule has 6 nitrogen and oxygen atoms in total. The first-order chi connectivity index (χ1) is 17.6. The first-order valence-corrected chi connectivity index (χ1v) is 12.4. The number of hydrogen-bond acceptors (Lipinski definition) is 4. The van der Waals surface area contributed by atoms with Gasteiger partial charge >= 0.3 is 5.97 Å². The second-order valence-corrected chi connectivity index (χ2v) is 10.6. The Morgan fingerprint density at radius 2 is 1.51 bits per heavy atom. The molecule has 0 amide bonds. The second kappa shape index (κ2) is 11.0. The van der Waals surface area contributed by atoms with Crippen LogP contribution in [0, 0.1) is 6.92 Å². The van der Waals surface area contributed by atoms with Crippen molar-refractivity contribution in [1.29, 1.82) is 0 Å². The van der Waals surface area contributed by atoms with Crippen molar-refractivity contribution in [3.8, 4) is 5.75 Å². The molecule has 0 atom stereocenters. The summed E-state index contributed by atoms with van der Waals surface area (Å²) in [5, 5.41) is 9.85. The molecule has 0 aliphatic rings. The molecule has 37 heavy (non-hydrogen) atoms. The quantitative estimate of drug-likeness (QED) is 0.305. The number of aromatic amines is 1. The van der Waals surface area contributed by atoms with E-state index < -0.39 is 5.97 Å². The maximum Gasteiger partial charge on any atom is 0.341 e. The van der Waals surface area contributed by atoms with Crippen molar-refractivity contribution in [3.05, 3.63) is 111 Å². The van der Waals surface area contributed by atoms with Crippen LogP contribution in [0.25, 0.3) is 10.9 Å². The number of benzene rings is 3. The van der Waals surface area contributed by atoms with Crippen molar-refractivity contribution in [2.75, 3.05) is 6.61 Å². The van der Waals surface area contributed by atoms with Gasteiger partial charge in [0.1, 0.15) is 5.75 Å². The van der Waals surface area contributed by atoms with Gasteiger partial charge in [-0.1, -0.05) is 68.8 Å². The number of aromatic nitrogens is 1. The minimum Gasteiger partial charge on any atom is -0.482 e. The van der Waals surface area contributed by atoms with Gasteiger partial charge in [-0.2, -0.15) is 0 Å². The van der Waals surface area contributed by atoms with Gasteiger partial charge in [-0.3, -0.25) is 9.69 Å². The summed E-state index contributed by atoms with van der Waals surface area (Å²) < 4.78 is 5.26. The van der Waals surface area contributed by atoms with Crippen LogP contribution in [0.5, 0.6) is 5.75 Å². The zero-order valence-corrected chi connectivity index (χ0v) is 21.9. The van der Waals surface area contributed by atoms with Crippen LogP contribution in [0.2, 0.25) is 0 Å². The Morgan fingerprint density at radius 1 is 0.892 bits per heavy atom. The predicted octanol–water partition coefficient (Wildman–Crippen LogP) is 5.80. The number of ether oxygens (including phenoxy) is 1. The molecule has 0 unspecified atom stereocenters. The van der Waals surface area contributed by atoms with Crippen LogP contribution in [0.15, 0.2) is 77.6 Å². The van der Waals surface area contributed by atoms with E-state index in [1.54, 1.807) is 12.1 Å². The van der Waals surface area contributed by atoms with E-state index in [1.807, 2.05) is 37.3 Å². The Balaban J connectivity index is 1.59. The highest BCUT2D eigenvalue weighted by atomic mass is 16.5. The molecular formula is C31H34N2O4. The molecule has 0 bridgehead atoms. The average Bonchev–Trinajstić information content (AvgIpc) is 2.84. The Labute approximate surface area is 217 Å². The first-order valence-electron chi connectivity index (χ1n) is 12.4. The van der Waals surface area contributed by atoms with E-state index in [-0.39, 0.29) is 17.6 Å². The van der Waals surface area contributed by atoms with Gasteiger partial charge in [0.2, 0.25) is 0 Å². The molecule has 6 heteroatoms. The van der Waals surface area contributed by atoms with E-state index in [0.29, 0.717) is 30.9 Å². The van der Waals surface area contributed by atoms with Gasteiger partial charge < -0.3 is 14.8 Å². The van der Waals surface area contributed by atoms with E-state index in [4.69, 9.17) is 9.84 Å². The molecule has 1 aromatic heterocycles. The molecule has 3 aromatic carbocycles. The standard InChI is InChI=1S/C31H34N2O4/c1-21-5-14-28-24(15-21)16-25(30(36)32-28)19-33(17-22-6-10-26(11-7-22)31(2,3)4)18-23-8-12-27(13-9-23)37-20-29(34)35/h5-16H,17-20H2,1-4H3,(H,32,36)(H,34,35). The molecule has 0 fully saturated rings. The SMILES string of the molecule is Cc1ccc2[nH]c(=O)c(CN(Cc3ccc(OCC(=O)O)cc3)Cc3ccc(C(C)(C)C)cc3)cc2c1. The fourth-order valence-corrected chi connectivity index (χ4v) is 4.36. The summed E-state index contributed by atoms with van der Waals surface area (Å²) in [6, 6.07) is 24.1. The molecule has 0 aliphatic heterocycles. The molecule has 0 saturated carbocycles. The number of nitrogens with one attached hydrogen (secondary N) is 1. The number of H-pyrrole nitrogens is 1. The summed E-state index contributed by atoms with van der Waals surface area (Å²) in [5.74, 6) is -0.500. The minimum absolute atomic E-state index is 0.0816. The van der Waals surface area contributed by atoms with Crippen molar-refractivity contribution in [2.45, 2.75) is 52.7 Å². The lowest BCUT2D eigenvalue weighted by Crippen LogP contribution is -2.26. The zero-order valence-electron chi connectivity index (χ0n) is 21.9. The molecule has 4 rings (SSSR count). The summed E-state index contributed by atoms with van der Waals surface area (Å²) in [5.41, 5.74) is 6.18. The third-order valence-corrected chi connectivity index (χ3v) is 6.39. The third-order valence-electron chi connectivity index (χ3n) is 6.39. The highest BCUT2D eigenvalue weighted by Crippen LogP contribution is 2.24. The Kier molecular flexibility index (Phi) is 7.79. The van der Waals surface area contributed by atoms with E-state index in [9.17, 15) is 9.59 Å². The fraction of sp³-hybridized carbons (Fsp3) is 0.290. The van der Waals surface area contributed by atoms with Crippen molar-refractivity contribution in [1.82, 2.24) is 9.88 Å². The highest BCUT2D eigenvalue weighted by molar-refractivity contribution is 5.79. The van der Waals surface area contributed by atoms with Crippen molar-refractivity contribution in [3.63, 3.8) is 0 Å². The lowest BCUT2D eigenvalue weighted by atomic mass is 9.87. The Morgan fingerprint density at radius 3 is 2.11 bits per heavy atom. The summed E-state index contributed by atoms with van der Waals surface area (Å²) in [6.45, 7) is 10.0. The van der Waals surface area contributed by atoms with Gasteiger partial charge in [-0.05, 0) is 64.7 Å². The largest absolute Gasteiger partial charge is 0.482 e. The maximum absolute atomic E-state index is 12.9. The molecule has 0 spiro atoms. The second-order valence-electron chi connectivity index (χ2n) is 10.6. The van der Waals surface area contributed by atoms with E-state index in [2.05, 4.69) is 61.0 Å². The van der Waals surface area contributed by atoms with E-state index in [1.165, 1.54) is 11.1 Å². The normalized spacial score (nSPS) is 11.7. The smallest absolute Gasteiger partial charge is 0.341 e. The summed E-state index contributed by atoms with van der Waals surface area (Å²) in [6.07, 6.45) is 0. The van der Waals surface area contributed by atoms with E-state index >= 15 is 0 Å². The van der Waals surface area contributed by atoms with Crippen molar-refractivity contribution < 1.29 is 14.6 Å². The van der Waals surface area contributed by atoms with Gasteiger partial charge in [0.05, 0.1) is 0 Å². The summed E-state index contributed by atoms with van der Waals surface area (Å²) >= 11 is 0.